The fraction of sp³-hybridized carbons (Fsp3) is 0.300. The van der Waals surface area contributed by atoms with Crippen molar-refractivity contribution in [1.29, 1.82) is 0 Å². The summed E-state index contributed by atoms with van der Waals surface area (Å²) in [7, 11) is -1.18. The Balaban J connectivity index is 2.82. The molecule has 1 N–H and O–H groups in total. The molecule has 98 valence electrons. The molecule has 1 aliphatic rings. The SMILES string of the molecule is COc1cc2c(s1)C(O)=C(C(C)=O)N(C)S2(=O)=O. The van der Waals surface area contributed by atoms with Crippen molar-refractivity contribution in [2.75, 3.05) is 14.2 Å². The second kappa shape index (κ2) is 3.99. The summed E-state index contributed by atoms with van der Waals surface area (Å²) in [6.45, 7) is 1.20. The van der Waals surface area contributed by atoms with Gasteiger partial charge in [-0.2, -0.15) is 0 Å². The molecular weight excluding hydrogens is 278 g/mol. The van der Waals surface area contributed by atoms with Crippen LogP contribution in [0.5, 0.6) is 5.06 Å². The lowest BCUT2D eigenvalue weighted by Crippen LogP contribution is -2.33. The fourth-order valence-electron chi connectivity index (χ4n) is 1.72. The van der Waals surface area contributed by atoms with Crippen LogP contribution in [0.1, 0.15) is 11.8 Å². The summed E-state index contributed by atoms with van der Waals surface area (Å²) in [5.74, 6) is -0.847. The van der Waals surface area contributed by atoms with Crippen molar-refractivity contribution in [2.24, 2.45) is 0 Å². The maximum Gasteiger partial charge on any atom is 0.266 e. The topological polar surface area (TPSA) is 83.9 Å². The van der Waals surface area contributed by atoms with Gasteiger partial charge in [-0.05, 0) is 0 Å². The molecule has 18 heavy (non-hydrogen) atoms. The molecule has 0 aromatic carbocycles. The van der Waals surface area contributed by atoms with Crippen LogP contribution in [0, 0.1) is 0 Å². The maximum atomic E-state index is 12.2. The summed E-state index contributed by atoms with van der Waals surface area (Å²) in [6, 6.07) is 1.33. The Labute approximate surface area is 108 Å². The summed E-state index contributed by atoms with van der Waals surface area (Å²) in [4.78, 5) is 11.5. The largest absolute Gasteiger partial charge is 0.504 e. The highest BCUT2D eigenvalue weighted by atomic mass is 32.2. The number of fused-ring (bicyclic) bond motifs is 1. The van der Waals surface area contributed by atoms with Crippen molar-refractivity contribution in [3.63, 3.8) is 0 Å². The van der Waals surface area contributed by atoms with E-state index in [2.05, 4.69) is 0 Å². The van der Waals surface area contributed by atoms with Gasteiger partial charge in [0.1, 0.15) is 10.6 Å². The Morgan fingerprint density at radius 2 is 2.11 bits per heavy atom. The zero-order valence-corrected chi connectivity index (χ0v) is 11.6. The summed E-state index contributed by atoms with van der Waals surface area (Å²) in [5, 5.41) is 10.4. The van der Waals surface area contributed by atoms with E-state index in [4.69, 9.17) is 4.74 Å². The Bertz CT molecular complexity index is 656. The Hall–Kier alpha value is -1.54. The number of aliphatic hydroxyl groups excluding tert-OH is 1. The molecule has 0 saturated carbocycles. The van der Waals surface area contributed by atoms with E-state index in [9.17, 15) is 18.3 Å². The second-order valence-electron chi connectivity index (χ2n) is 3.69. The highest BCUT2D eigenvalue weighted by Crippen LogP contribution is 2.42. The van der Waals surface area contributed by atoms with Gasteiger partial charge in [-0.3, -0.25) is 9.10 Å². The molecule has 0 amide bonds. The van der Waals surface area contributed by atoms with Crippen LogP contribution in [0.2, 0.25) is 0 Å². The molecule has 2 rings (SSSR count). The first-order valence-corrected chi connectivity index (χ1v) is 7.17. The molecule has 0 unspecified atom stereocenters. The number of carbonyl (C=O) groups is 1. The molecule has 1 aromatic rings. The van der Waals surface area contributed by atoms with Crippen molar-refractivity contribution < 1.29 is 23.1 Å². The van der Waals surface area contributed by atoms with Gasteiger partial charge in [-0.15, -0.1) is 0 Å². The van der Waals surface area contributed by atoms with Crippen LogP contribution < -0.4 is 4.74 Å². The number of Topliss-reactive ketones (excluding diaryl/α,β-unsaturated/α-hetero) is 1. The highest BCUT2D eigenvalue weighted by molar-refractivity contribution is 7.89. The van der Waals surface area contributed by atoms with Crippen LogP contribution in [0.3, 0.4) is 0 Å². The molecule has 8 heteroatoms. The van der Waals surface area contributed by atoms with E-state index in [-0.39, 0.29) is 21.2 Å². The first-order valence-electron chi connectivity index (χ1n) is 4.92. The molecule has 0 aliphatic carbocycles. The van der Waals surface area contributed by atoms with Gasteiger partial charge in [-0.25, -0.2) is 8.42 Å². The van der Waals surface area contributed by atoms with Crippen LogP contribution in [0.4, 0.5) is 0 Å². The summed E-state index contributed by atoms with van der Waals surface area (Å²) in [5.41, 5.74) is -0.230. The van der Waals surface area contributed by atoms with E-state index in [0.29, 0.717) is 5.06 Å². The number of aliphatic hydroxyl groups is 1. The zero-order valence-electron chi connectivity index (χ0n) is 9.92. The first kappa shape index (κ1) is 12.9. The molecule has 1 aliphatic heterocycles. The van der Waals surface area contributed by atoms with E-state index in [1.54, 1.807) is 0 Å². The van der Waals surface area contributed by atoms with Gasteiger partial charge in [0, 0.05) is 20.0 Å². The molecule has 1 aromatic heterocycles. The Kier molecular flexibility index (Phi) is 2.86. The third-order valence-corrected chi connectivity index (χ3v) is 5.62. The van der Waals surface area contributed by atoms with E-state index in [1.165, 1.54) is 27.1 Å². The van der Waals surface area contributed by atoms with Crippen LogP contribution >= 0.6 is 11.3 Å². The number of ketones is 1. The van der Waals surface area contributed by atoms with Crippen LogP contribution in [0.15, 0.2) is 16.7 Å². The van der Waals surface area contributed by atoms with Crippen LogP contribution in [-0.4, -0.2) is 37.8 Å². The van der Waals surface area contributed by atoms with Crippen molar-refractivity contribution in [1.82, 2.24) is 4.31 Å². The van der Waals surface area contributed by atoms with Gasteiger partial charge in [0.25, 0.3) is 10.0 Å². The number of rotatable bonds is 2. The highest BCUT2D eigenvalue weighted by Gasteiger charge is 2.38. The summed E-state index contributed by atoms with van der Waals surface area (Å²) < 4.78 is 30.1. The monoisotopic (exact) mass is 289 g/mol. The number of thiophene rings is 1. The third kappa shape index (κ3) is 1.60. The smallest absolute Gasteiger partial charge is 0.266 e. The number of carbonyl (C=O) groups excluding carboxylic acids is 1. The standard InChI is InChI=1S/C10H11NO5S2/c1-5(12)8-9(13)10-6(4-7(16-3)17-10)18(14,15)11(8)2/h4,13H,1-3H3. The van der Waals surface area contributed by atoms with Crippen LogP contribution in [-0.2, 0) is 14.8 Å². The van der Waals surface area contributed by atoms with E-state index in [1.807, 2.05) is 0 Å². The number of hydrogen-bond acceptors (Lipinski definition) is 6. The predicted molar refractivity (Wildman–Crippen MR) is 66.0 cm³/mol. The van der Waals surface area contributed by atoms with Gasteiger partial charge in [0.15, 0.2) is 16.6 Å². The van der Waals surface area contributed by atoms with Crippen molar-refractivity contribution >= 4 is 32.9 Å². The Morgan fingerprint density at radius 3 is 2.61 bits per heavy atom. The predicted octanol–water partition coefficient (Wildman–Crippen LogP) is 1.21. The molecule has 0 spiro atoms. The molecule has 0 fully saturated rings. The number of hydrogen-bond donors (Lipinski definition) is 1. The number of likely N-dealkylation sites (N-methyl/N-ethyl adjacent to an activating group) is 1. The number of ether oxygens (including phenoxy) is 1. The van der Waals surface area contributed by atoms with Crippen LogP contribution in [0.25, 0.3) is 5.76 Å². The minimum absolute atomic E-state index is 0.0469. The Morgan fingerprint density at radius 1 is 1.50 bits per heavy atom. The minimum Gasteiger partial charge on any atom is -0.504 e. The van der Waals surface area contributed by atoms with Crippen molar-refractivity contribution in [2.45, 2.75) is 11.8 Å². The maximum absolute atomic E-state index is 12.2. The number of nitrogens with zero attached hydrogens (tertiary/aromatic N) is 1. The molecule has 0 radical (unpaired) electrons. The first-order chi connectivity index (χ1) is 8.30. The minimum atomic E-state index is -3.81. The lowest BCUT2D eigenvalue weighted by Gasteiger charge is -2.25. The molecule has 0 saturated heterocycles. The molecule has 2 heterocycles. The summed E-state index contributed by atoms with van der Waals surface area (Å²) >= 11 is 0.981. The average molecular weight is 289 g/mol. The van der Waals surface area contributed by atoms with Gasteiger partial charge in [0.05, 0.1) is 12.0 Å². The average Bonchev–Trinajstić information content (AvgIpc) is 2.71. The number of sulfonamides is 1. The fourth-order valence-corrected chi connectivity index (χ4v) is 4.39. The molecule has 0 atom stereocenters. The molecular formula is C10H11NO5S2. The van der Waals surface area contributed by atoms with Crippen molar-refractivity contribution in [3.8, 4) is 5.06 Å². The lowest BCUT2D eigenvalue weighted by molar-refractivity contribution is -0.114. The second-order valence-corrected chi connectivity index (χ2v) is 6.64. The zero-order chi connectivity index (χ0) is 13.7. The van der Waals surface area contributed by atoms with Gasteiger partial charge in [-0.1, -0.05) is 11.3 Å². The number of allylic oxidation sites excluding steroid dienone is 1. The van der Waals surface area contributed by atoms with E-state index in [0.717, 1.165) is 15.6 Å². The van der Waals surface area contributed by atoms with Gasteiger partial charge in [0.2, 0.25) is 0 Å². The molecule has 0 bridgehead atoms. The van der Waals surface area contributed by atoms with E-state index < -0.39 is 15.8 Å². The normalized spacial score (nSPS) is 17.6. The lowest BCUT2D eigenvalue weighted by atomic mass is 10.2. The molecule has 6 nitrogen and oxygen atoms in total. The van der Waals surface area contributed by atoms with Gasteiger partial charge >= 0.3 is 0 Å². The quantitative estimate of drug-likeness (QED) is 0.884. The van der Waals surface area contributed by atoms with E-state index >= 15 is 0 Å². The van der Waals surface area contributed by atoms with Gasteiger partial charge < -0.3 is 9.84 Å². The van der Waals surface area contributed by atoms with Crippen molar-refractivity contribution in [3.05, 3.63) is 16.6 Å². The number of methoxy groups -OCH3 is 1. The summed E-state index contributed by atoms with van der Waals surface area (Å²) in [6.07, 6.45) is 0. The third-order valence-electron chi connectivity index (χ3n) is 2.60.